The number of nitrogens with zero attached hydrogens (tertiary/aromatic N) is 1. The van der Waals surface area contributed by atoms with Gasteiger partial charge in [0.1, 0.15) is 33.9 Å². The third kappa shape index (κ3) is 8.73. The van der Waals surface area contributed by atoms with Crippen LogP contribution in [0.4, 0.5) is 5.69 Å². The van der Waals surface area contributed by atoms with Crippen molar-refractivity contribution in [3.63, 3.8) is 0 Å². The molecule has 2 aromatic carbocycles. The summed E-state index contributed by atoms with van der Waals surface area (Å²) >= 11 is 7.42. The Morgan fingerprint density at radius 3 is 2.27 bits per heavy atom. The van der Waals surface area contributed by atoms with Crippen molar-refractivity contribution in [2.75, 3.05) is 5.75 Å². The molecule has 12 nitrogen and oxygen atoms in total. The smallest absolute Gasteiger partial charge is 0.265 e. The first-order valence-electron chi connectivity index (χ1n) is 10.4. The van der Waals surface area contributed by atoms with Gasteiger partial charge in [-0.15, -0.1) is 11.8 Å². The summed E-state index contributed by atoms with van der Waals surface area (Å²) in [5.41, 5.74) is 1.19. The first-order valence-corrected chi connectivity index (χ1v) is 15.0. The zero-order valence-electron chi connectivity index (χ0n) is 19.3. The van der Waals surface area contributed by atoms with E-state index in [1.165, 1.54) is 24.8 Å². The number of carbonyl (C=O) groups is 1. The van der Waals surface area contributed by atoms with Gasteiger partial charge in [-0.25, -0.2) is 27.0 Å². The summed E-state index contributed by atoms with van der Waals surface area (Å²) in [5, 5.41) is 40.0. The Balaban J connectivity index is 0.000000371. The van der Waals surface area contributed by atoms with Crippen LogP contribution < -0.4 is 9.86 Å². The molecule has 0 bridgehead atoms. The summed E-state index contributed by atoms with van der Waals surface area (Å²) in [6.45, 7) is 1.24. The molecule has 0 fully saturated rings. The number of aliphatic imine (C=N–C) groups is 1. The van der Waals surface area contributed by atoms with Crippen molar-refractivity contribution in [1.29, 1.82) is 0 Å². The maximum absolute atomic E-state index is 12.4. The number of carbonyl (C=O) groups excluding carboxylic acids is 1. The number of thioether (sulfide) groups is 1. The second-order valence-corrected chi connectivity index (χ2v) is 12.4. The summed E-state index contributed by atoms with van der Waals surface area (Å²) < 4.78 is 50.3. The number of fused-ring (bicyclic) bond motifs is 1. The van der Waals surface area contributed by atoms with Gasteiger partial charge in [-0.1, -0.05) is 41.9 Å². The minimum Gasteiger partial charge on any atom is -0.391 e. The molecule has 0 radical (unpaired) electrons. The summed E-state index contributed by atoms with van der Waals surface area (Å²) in [6, 6.07) is 11.8. The highest BCUT2D eigenvalue weighted by atomic mass is 35.5. The number of nitrogens with two attached hydrogens (primary N) is 1. The Bertz CT molecular complexity index is 1340. The van der Waals surface area contributed by atoms with Crippen LogP contribution >= 0.6 is 23.4 Å². The maximum atomic E-state index is 12.4. The number of aliphatic hydroxyl groups excluding tert-OH is 4. The number of amidine groups is 1. The molecule has 0 amide bonds. The first-order chi connectivity index (χ1) is 17.2. The lowest BCUT2D eigenvalue weighted by Crippen LogP contribution is -2.43. The first kappa shape index (κ1) is 31.1. The third-order valence-corrected chi connectivity index (χ3v) is 8.60. The molecular weight excluding hydrogens is 570 g/mol. The summed E-state index contributed by atoms with van der Waals surface area (Å²) in [4.78, 5) is 13.4. The fourth-order valence-corrected chi connectivity index (χ4v) is 6.20. The van der Waals surface area contributed by atoms with E-state index in [4.69, 9.17) is 37.2 Å². The van der Waals surface area contributed by atoms with Gasteiger partial charge in [0.05, 0.1) is 22.6 Å². The van der Waals surface area contributed by atoms with Gasteiger partial charge >= 0.3 is 0 Å². The molecule has 1 heterocycles. The molecule has 0 saturated carbocycles. The van der Waals surface area contributed by atoms with Gasteiger partial charge in [0.15, 0.2) is 6.29 Å². The Hall–Kier alpha value is -2.08. The molecule has 0 unspecified atom stereocenters. The van der Waals surface area contributed by atoms with Gasteiger partial charge in [-0.2, -0.15) is 0 Å². The number of aldehydes is 1. The minimum atomic E-state index is -4.15. The lowest BCUT2D eigenvalue weighted by atomic mass is 10.1. The van der Waals surface area contributed by atoms with Crippen LogP contribution in [0.15, 0.2) is 57.2 Å². The highest BCUT2D eigenvalue weighted by Gasteiger charge is 2.29. The number of halogens is 1. The number of hydrogen-bond donors (Lipinski definition) is 6. The van der Waals surface area contributed by atoms with Crippen LogP contribution in [0, 0.1) is 0 Å². The van der Waals surface area contributed by atoms with Gasteiger partial charge in [0.2, 0.25) is 10.0 Å². The fraction of sp³-hybridized carbons (Fsp3) is 0.333. The third-order valence-electron chi connectivity index (χ3n) is 4.80. The molecule has 3 rings (SSSR count). The molecule has 1 aliphatic heterocycles. The normalized spacial score (nSPS) is 17.5. The second kappa shape index (κ2) is 13.1. The van der Waals surface area contributed by atoms with Gasteiger partial charge in [-0.05, 0) is 24.6 Å². The topological polar surface area (TPSA) is 217 Å². The molecule has 37 heavy (non-hydrogen) atoms. The van der Waals surface area contributed by atoms with E-state index in [9.17, 15) is 21.6 Å². The van der Waals surface area contributed by atoms with Gasteiger partial charge < -0.3 is 25.2 Å². The molecule has 1 aliphatic rings. The van der Waals surface area contributed by atoms with E-state index in [1.54, 1.807) is 0 Å². The molecule has 204 valence electrons. The van der Waals surface area contributed by atoms with Crippen molar-refractivity contribution in [3.05, 3.63) is 53.1 Å². The highest BCUT2D eigenvalue weighted by molar-refractivity contribution is 7.99. The molecule has 16 heteroatoms. The van der Waals surface area contributed by atoms with Crippen molar-refractivity contribution in [2.24, 2.45) is 10.1 Å². The zero-order chi connectivity index (χ0) is 28.0. The molecule has 0 aromatic heterocycles. The van der Waals surface area contributed by atoms with Crippen LogP contribution in [0.1, 0.15) is 12.5 Å². The monoisotopic (exact) mass is 595 g/mol. The average Bonchev–Trinajstić information content (AvgIpc) is 2.82. The molecule has 7 N–H and O–H groups in total. The Morgan fingerprint density at radius 1 is 1.11 bits per heavy atom. The van der Waals surface area contributed by atoms with Crippen molar-refractivity contribution in [3.8, 4) is 0 Å². The lowest BCUT2D eigenvalue weighted by Gasteiger charge is -2.21. The highest BCUT2D eigenvalue weighted by Crippen LogP contribution is 2.35. The van der Waals surface area contributed by atoms with Crippen molar-refractivity contribution >= 4 is 61.2 Å². The number of sulfonamides is 2. The number of benzene rings is 2. The van der Waals surface area contributed by atoms with Crippen molar-refractivity contribution < 1.29 is 42.1 Å². The van der Waals surface area contributed by atoms with E-state index in [0.29, 0.717) is 11.5 Å². The van der Waals surface area contributed by atoms with Crippen LogP contribution in [0.5, 0.6) is 0 Å². The van der Waals surface area contributed by atoms with Crippen molar-refractivity contribution in [2.45, 2.75) is 46.9 Å². The number of aliphatic hydroxyl groups is 4. The molecule has 0 aliphatic carbocycles. The van der Waals surface area contributed by atoms with Crippen LogP contribution in [-0.4, -0.2) is 79.6 Å². The maximum Gasteiger partial charge on any atom is 0.265 e. The van der Waals surface area contributed by atoms with Crippen LogP contribution in [0.3, 0.4) is 0 Å². The predicted octanol–water partition coefficient (Wildman–Crippen LogP) is -0.108. The van der Waals surface area contributed by atoms with Gasteiger partial charge in [-0.3, -0.25) is 4.72 Å². The van der Waals surface area contributed by atoms with Crippen molar-refractivity contribution in [1.82, 2.24) is 4.72 Å². The summed E-state index contributed by atoms with van der Waals surface area (Å²) in [7, 11) is -8.11. The van der Waals surface area contributed by atoms with E-state index in [1.807, 2.05) is 30.3 Å². The Kier molecular flexibility index (Phi) is 11.0. The van der Waals surface area contributed by atoms with E-state index >= 15 is 0 Å². The molecule has 0 saturated heterocycles. The van der Waals surface area contributed by atoms with Gasteiger partial charge in [0, 0.05) is 5.75 Å². The summed E-state index contributed by atoms with van der Waals surface area (Å²) in [5.74, 6) is 1.28. The van der Waals surface area contributed by atoms with Crippen LogP contribution in [0.2, 0.25) is 5.02 Å². The van der Waals surface area contributed by atoms with E-state index in [0.717, 1.165) is 11.6 Å². The fourth-order valence-electron chi connectivity index (χ4n) is 2.89. The predicted molar refractivity (Wildman–Crippen MR) is 139 cm³/mol. The number of hydrogen-bond acceptors (Lipinski definition) is 11. The molecule has 4 atom stereocenters. The Morgan fingerprint density at radius 2 is 1.73 bits per heavy atom. The van der Waals surface area contributed by atoms with Gasteiger partial charge in [0.25, 0.3) is 10.0 Å². The lowest BCUT2D eigenvalue weighted by molar-refractivity contribution is -0.132. The van der Waals surface area contributed by atoms with E-state index in [-0.39, 0.29) is 27.7 Å². The van der Waals surface area contributed by atoms with Crippen LogP contribution in [-0.2, 0) is 30.6 Å². The molecule has 0 spiro atoms. The molecular formula is C21H26ClN3O9S3. The SMILES string of the molecule is C[C@H](O)[C@H](O)[C@@H](O)[C@@H](O)C=O.NS(=O)(=O)c1cc2c(cc1Cl)N=C(CSCc1ccccc1)NS2(=O)=O. The average molecular weight is 596 g/mol. The quantitative estimate of drug-likeness (QED) is 0.211. The number of rotatable bonds is 9. The Labute approximate surface area is 223 Å². The zero-order valence-corrected chi connectivity index (χ0v) is 22.5. The summed E-state index contributed by atoms with van der Waals surface area (Å²) in [6.07, 6.45) is -5.88. The standard InChI is InChI=1S/C15H14ClN3O4S3.C6H12O5/c16-11-6-12-14(7-13(11)25(17,20)21)26(22,23)19-15(18-12)9-24-8-10-4-2-1-3-5-10;1-3(8)5(10)6(11)4(9)2-7/h1-7H,8-9H2,(H,18,19)(H2,17,20,21);2-6,8-11H,1H3/t;3-,4-,5-,6-/m.0/s1. The largest absolute Gasteiger partial charge is 0.391 e. The minimum absolute atomic E-state index is 0.0801. The number of primary sulfonamides is 1. The molecule has 2 aromatic rings. The second-order valence-electron chi connectivity index (χ2n) is 7.79. The van der Waals surface area contributed by atoms with E-state index in [2.05, 4.69) is 9.71 Å². The number of nitrogens with one attached hydrogen (secondary N) is 1. The van der Waals surface area contributed by atoms with E-state index < -0.39 is 49.4 Å². The van der Waals surface area contributed by atoms with Crippen LogP contribution in [0.25, 0.3) is 0 Å².